The first kappa shape index (κ1) is 12.1. The number of benzene rings is 1. The Morgan fingerprint density at radius 2 is 2.19 bits per heavy atom. The zero-order chi connectivity index (χ0) is 12.1. The number of allylic oxidation sites excluding steroid dienone is 2. The molecule has 1 aromatic carbocycles. The van der Waals surface area contributed by atoms with Gasteiger partial charge in [0.15, 0.2) is 0 Å². The molecule has 0 aliphatic carbocycles. The Labute approximate surface area is 93.8 Å². The number of rotatable bonds is 4. The lowest BCUT2D eigenvalue weighted by molar-refractivity contribution is 0.0695. The molecule has 2 N–H and O–H groups in total. The number of aromatic carboxylic acids is 1. The lowest BCUT2D eigenvalue weighted by Gasteiger charge is -2.10. The first-order chi connectivity index (χ1) is 7.60. The first-order valence-electron chi connectivity index (χ1n) is 4.84. The third kappa shape index (κ3) is 2.53. The van der Waals surface area contributed by atoms with Crippen LogP contribution in [0.5, 0.6) is 11.5 Å². The maximum absolute atomic E-state index is 11.0. The molecule has 0 radical (unpaired) electrons. The Bertz CT molecular complexity index is 421. The van der Waals surface area contributed by atoms with Crippen molar-refractivity contribution >= 4 is 5.97 Å². The highest BCUT2D eigenvalue weighted by molar-refractivity contribution is 5.91. The maximum Gasteiger partial charge on any atom is 0.336 e. The van der Waals surface area contributed by atoms with Crippen LogP contribution in [0.2, 0.25) is 0 Å². The monoisotopic (exact) mass is 222 g/mol. The van der Waals surface area contributed by atoms with E-state index < -0.39 is 5.97 Å². The average molecular weight is 222 g/mol. The summed E-state index contributed by atoms with van der Waals surface area (Å²) in [4.78, 5) is 11.0. The van der Waals surface area contributed by atoms with Crippen molar-refractivity contribution in [3.63, 3.8) is 0 Å². The number of carboxylic acids is 1. The van der Waals surface area contributed by atoms with E-state index in [0.29, 0.717) is 17.7 Å². The summed E-state index contributed by atoms with van der Waals surface area (Å²) >= 11 is 0. The number of phenolic OH excluding ortho intramolecular Hbond substituents is 1. The van der Waals surface area contributed by atoms with E-state index in [2.05, 4.69) is 0 Å². The molecule has 0 spiro atoms. The SMILES string of the molecule is CC=CCc1c(OC)cc(O)cc1C(=O)O. The van der Waals surface area contributed by atoms with Crippen LogP contribution < -0.4 is 4.74 Å². The van der Waals surface area contributed by atoms with E-state index in [0.717, 1.165) is 0 Å². The Morgan fingerprint density at radius 3 is 2.69 bits per heavy atom. The summed E-state index contributed by atoms with van der Waals surface area (Å²) in [6.07, 6.45) is 4.13. The molecule has 0 fully saturated rings. The smallest absolute Gasteiger partial charge is 0.336 e. The predicted molar refractivity (Wildman–Crippen MR) is 60.1 cm³/mol. The van der Waals surface area contributed by atoms with E-state index in [1.807, 2.05) is 19.1 Å². The Hall–Kier alpha value is -1.97. The molecule has 0 saturated carbocycles. The second kappa shape index (κ2) is 5.21. The van der Waals surface area contributed by atoms with Crippen LogP contribution in [-0.2, 0) is 6.42 Å². The molecule has 0 unspecified atom stereocenters. The molecule has 0 amide bonds. The molecule has 0 aliphatic heterocycles. The fraction of sp³-hybridized carbons (Fsp3) is 0.250. The Kier molecular flexibility index (Phi) is 3.94. The number of methoxy groups -OCH3 is 1. The van der Waals surface area contributed by atoms with Crippen molar-refractivity contribution in [3.8, 4) is 11.5 Å². The molecule has 0 heterocycles. The number of phenols is 1. The van der Waals surface area contributed by atoms with E-state index >= 15 is 0 Å². The molecular weight excluding hydrogens is 208 g/mol. The van der Waals surface area contributed by atoms with Crippen molar-refractivity contribution in [2.75, 3.05) is 7.11 Å². The molecule has 16 heavy (non-hydrogen) atoms. The molecule has 0 bridgehead atoms. The number of hydrogen-bond donors (Lipinski definition) is 2. The largest absolute Gasteiger partial charge is 0.508 e. The van der Waals surface area contributed by atoms with Gasteiger partial charge in [-0.1, -0.05) is 12.2 Å². The third-order valence-corrected chi connectivity index (χ3v) is 2.20. The molecular formula is C12H14O4. The van der Waals surface area contributed by atoms with Gasteiger partial charge in [-0.3, -0.25) is 0 Å². The van der Waals surface area contributed by atoms with Crippen LogP contribution in [-0.4, -0.2) is 23.3 Å². The maximum atomic E-state index is 11.0. The van der Waals surface area contributed by atoms with Gasteiger partial charge in [-0.2, -0.15) is 0 Å². The van der Waals surface area contributed by atoms with E-state index in [9.17, 15) is 9.90 Å². The van der Waals surface area contributed by atoms with Crippen LogP contribution in [0.15, 0.2) is 24.3 Å². The molecule has 0 aromatic heterocycles. The van der Waals surface area contributed by atoms with Gasteiger partial charge in [0.05, 0.1) is 12.7 Å². The van der Waals surface area contributed by atoms with Gasteiger partial charge in [0.1, 0.15) is 11.5 Å². The summed E-state index contributed by atoms with van der Waals surface area (Å²) in [5, 5.41) is 18.4. The van der Waals surface area contributed by atoms with Gasteiger partial charge >= 0.3 is 5.97 Å². The van der Waals surface area contributed by atoms with Gasteiger partial charge in [0.2, 0.25) is 0 Å². The van der Waals surface area contributed by atoms with Crippen molar-refractivity contribution in [1.29, 1.82) is 0 Å². The van der Waals surface area contributed by atoms with Gasteiger partial charge < -0.3 is 14.9 Å². The highest BCUT2D eigenvalue weighted by atomic mass is 16.5. The Morgan fingerprint density at radius 1 is 1.50 bits per heavy atom. The lowest BCUT2D eigenvalue weighted by atomic mass is 10.0. The number of carbonyl (C=O) groups is 1. The fourth-order valence-corrected chi connectivity index (χ4v) is 1.45. The number of aromatic hydroxyl groups is 1. The van der Waals surface area contributed by atoms with Gasteiger partial charge in [0.25, 0.3) is 0 Å². The van der Waals surface area contributed by atoms with Crippen molar-refractivity contribution in [3.05, 3.63) is 35.4 Å². The molecule has 4 nitrogen and oxygen atoms in total. The zero-order valence-corrected chi connectivity index (χ0v) is 9.23. The van der Waals surface area contributed by atoms with Crippen LogP contribution in [0.4, 0.5) is 0 Å². The minimum absolute atomic E-state index is 0.0648. The number of carboxylic acid groups (broad SMARTS) is 1. The van der Waals surface area contributed by atoms with Crippen LogP contribution in [0.3, 0.4) is 0 Å². The van der Waals surface area contributed by atoms with E-state index in [4.69, 9.17) is 9.84 Å². The summed E-state index contributed by atoms with van der Waals surface area (Å²) < 4.78 is 5.06. The van der Waals surface area contributed by atoms with Crippen molar-refractivity contribution in [2.45, 2.75) is 13.3 Å². The predicted octanol–water partition coefficient (Wildman–Crippen LogP) is 2.22. The summed E-state index contributed by atoms with van der Waals surface area (Å²) in [7, 11) is 1.44. The molecule has 0 aliphatic rings. The van der Waals surface area contributed by atoms with Gasteiger partial charge in [0, 0.05) is 11.6 Å². The van der Waals surface area contributed by atoms with Crippen LogP contribution in [0, 0.1) is 0 Å². The minimum atomic E-state index is -1.08. The summed E-state index contributed by atoms with van der Waals surface area (Å²) in [6.45, 7) is 1.85. The average Bonchev–Trinajstić information content (AvgIpc) is 2.26. The van der Waals surface area contributed by atoms with E-state index in [-0.39, 0.29) is 11.3 Å². The van der Waals surface area contributed by atoms with E-state index in [1.165, 1.54) is 19.2 Å². The standard InChI is InChI=1S/C12H14O4/c1-3-4-5-9-10(12(14)15)6-8(13)7-11(9)16-2/h3-4,6-7,13H,5H2,1-2H3,(H,14,15). The van der Waals surface area contributed by atoms with Gasteiger partial charge in [-0.25, -0.2) is 4.79 Å². The fourth-order valence-electron chi connectivity index (χ4n) is 1.45. The second-order valence-electron chi connectivity index (χ2n) is 3.25. The Balaban J connectivity index is 3.32. The second-order valence-corrected chi connectivity index (χ2v) is 3.25. The molecule has 86 valence electrons. The normalized spacial score (nSPS) is 10.6. The summed E-state index contributed by atoms with van der Waals surface area (Å²) in [5.41, 5.74) is 0.626. The van der Waals surface area contributed by atoms with E-state index in [1.54, 1.807) is 0 Å². The lowest BCUT2D eigenvalue weighted by Crippen LogP contribution is -2.04. The third-order valence-electron chi connectivity index (χ3n) is 2.20. The van der Waals surface area contributed by atoms with Crippen molar-refractivity contribution in [1.82, 2.24) is 0 Å². The topological polar surface area (TPSA) is 66.8 Å². The van der Waals surface area contributed by atoms with Gasteiger partial charge in [-0.05, 0) is 19.4 Å². The highest BCUT2D eigenvalue weighted by Crippen LogP contribution is 2.28. The van der Waals surface area contributed by atoms with Gasteiger partial charge in [-0.15, -0.1) is 0 Å². The molecule has 1 aromatic rings. The molecule has 0 atom stereocenters. The van der Waals surface area contributed by atoms with Crippen LogP contribution >= 0.6 is 0 Å². The quantitative estimate of drug-likeness (QED) is 0.766. The minimum Gasteiger partial charge on any atom is -0.508 e. The van der Waals surface area contributed by atoms with Crippen LogP contribution in [0.25, 0.3) is 0 Å². The summed E-state index contributed by atoms with van der Waals surface area (Å²) in [6, 6.07) is 2.63. The van der Waals surface area contributed by atoms with Crippen molar-refractivity contribution in [2.24, 2.45) is 0 Å². The first-order valence-corrected chi connectivity index (χ1v) is 4.84. The number of hydrogen-bond acceptors (Lipinski definition) is 3. The molecule has 0 saturated heterocycles. The summed E-state index contributed by atoms with van der Waals surface area (Å²) in [5.74, 6) is -0.803. The van der Waals surface area contributed by atoms with Crippen LogP contribution in [0.1, 0.15) is 22.8 Å². The highest BCUT2D eigenvalue weighted by Gasteiger charge is 2.15. The number of ether oxygens (including phenoxy) is 1. The molecule has 1 rings (SSSR count). The van der Waals surface area contributed by atoms with Crippen molar-refractivity contribution < 1.29 is 19.7 Å². The zero-order valence-electron chi connectivity index (χ0n) is 9.23. The molecule has 4 heteroatoms.